The maximum absolute atomic E-state index is 12.6. The van der Waals surface area contributed by atoms with Crippen molar-refractivity contribution in [1.82, 2.24) is 20.2 Å². The van der Waals surface area contributed by atoms with Crippen LogP contribution in [0.4, 0.5) is 19.0 Å². The molecule has 1 fully saturated rings. The summed E-state index contributed by atoms with van der Waals surface area (Å²) in [6, 6.07) is 0. The van der Waals surface area contributed by atoms with E-state index in [0.29, 0.717) is 23.6 Å². The van der Waals surface area contributed by atoms with Gasteiger partial charge in [0.25, 0.3) is 0 Å². The van der Waals surface area contributed by atoms with Gasteiger partial charge in [-0.25, -0.2) is 9.97 Å². The van der Waals surface area contributed by atoms with Crippen LogP contribution in [0.5, 0.6) is 0 Å². The number of rotatable bonds is 2. The van der Waals surface area contributed by atoms with Gasteiger partial charge >= 0.3 is 12.1 Å². The normalized spacial score (nSPS) is 21.2. The predicted octanol–water partition coefficient (Wildman–Crippen LogP) is 1.04. The molecule has 3 rings (SSSR count). The summed E-state index contributed by atoms with van der Waals surface area (Å²) in [6.07, 6.45) is -3.60. The minimum atomic E-state index is -4.85. The third-order valence-corrected chi connectivity index (χ3v) is 4.27. The van der Waals surface area contributed by atoms with Gasteiger partial charge in [0, 0.05) is 38.0 Å². The number of hydrogen-bond donors (Lipinski definition) is 2. The van der Waals surface area contributed by atoms with Gasteiger partial charge in [0.05, 0.1) is 12.2 Å². The average Bonchev–Trinajstić information content (AvgIpc) is 3.06. The topological polar surface area (TPSA) is 70.2 Å². The van der Waals surface area contributed by atoms with Crippen LogP contribution >= 0.6 is 0 Å². The maximum Gasteiger partial charge on any atom is 0.471 e. The van der Waals surface area contributed by atoms with E-state index in [1.807, 2.05) is 0 Å². The summed E-state index contributed by atoms with van der Waals surface area (Å²) in [5.74, 6) is -0.359. The molecule has 0 aromatic carbocycles. The molecule has 2 aliphatic heterocycles. The summed E-state index contributed by atoms with van der Waals surface area (Å²) < 4.78 is 37.8. The molecule has 0 saturated carbocycles. The van der Waals surface area contributed by atoms with Gasteiger partial charge < -0.3 is 15.5 Å². The summed E-state index contributed by atoms with van der Waals surface area (Å²) in [5, 5.41) is 6.18. The second-order valence-corrected chi connectivity index (χ2v) is 5.77. The zero-order valence-corrected chi connectivity index (χ0v) is 12.7. The van der Waals surface area contributed by atoms with Crippen molar-refractivity contribution in [2.75, 3.05) is 32.0 Å². The van der Waals surface area contributed by atoms with E-state index in [0.717, 1.165) is 30.1 Å². The maximum atomic E-state index is 12.6. The minimum absolute atomic E-state index is 0.0217. The van der Waals surface area contributed by atoms with E-state index in [4.69, 9.17) is 0 Å². The molecule has 1 unspecified atom stereocenters. The Morgan fingerprint density at radius 3 is 2.78 bits per heavy atom. The van der Waals surface area contributed by atoms with Crippen molar-refractivity contribution in [3.63, 3.8) is 0 Å². The molecule has 9 heteroatoms. The van der Waals surface area contributed by atoms with Crippen molar-refractivity contribution >= 4 is 11.7 Å². The number of alkyl halides is 3. The molecule has 0 radical (unpaired) electrons. The van der Waals surface area contributed by atoms with Crippen LogP contribution < -0.4 is 10.6 Å². The first-order chi connectivity index (χ1) is 10.9. The molecule has 23 heavy (non-hydrogen) atoms. The molecule has 0 spiro atoms. The first-order valence-corrected chi connectivity index (χ1v) is 7.54. The molecule has 1 aromatic heterocycles. The Bertz CT molecular complexity index is 596. The molecule has 1 atom stereocenters. The minimum Gasteiger partial charge on any atom is -0.373 e. The largest absolute Gasteiger partial charge is 0.471 e. The fraction of sp³-hybridized carbons (Fsp3) is 0.643. The average molecular weight is 329 g/mol. The van der Waals surface area contributed by atoms with E-state index < -0.39 is 12.1 Å². The molecule has 1 amide bonds. The SMILES string of the molecule is CNc1nc(C2CCNC2)nc2c1CN(C(=O)C(F)(F)F)CC2. The van der Waals surface area contributed by atoms with Gasteiger partial charge in [0.15, 0.2) is 0 Å². The number of hydrogen-bond acceptors (Lipinski definition) is 5. The zero-order chi connectivity index (χ0) is 16.6. The lowest BCUT2D eigenvalue weighted by Crippen LogP contribution is -2.44. The van der Waals surface area contributed by atoms with Crippen molar-refractivity contribution in [3.05, 3.63) is 17.1 Å². The monoisotopic (exact) mass is 329 g/mol. The lowest BCUT2D eigenvalue weighted by molar-refractivity contribution is -0.186. The van der Waals surface area contributed by atoms with Gasteiger partial charge in [0.2, 0.25) is 0 Å². The quantitative estimate of drug-likeness (QED) is 0.848. The predicted molar refractivity (Wildman–Crippen MR) is 77.0 cm³/mol. The summed E-state index contributed by atoms with van der Waals surface area (Å²) in [4.78, 5) is 21.3. The fourth-order valence-electron chi connectivity index (χ4n) is 3.05. The molecular formula is C14H18F3N5O. The van der Waals surface area contributed by atoms with Crippen LogP contribution in [-0.4, -0.2) is 53.6 Å². The Hall–Kier alpha value is -1.90. The zero-order valence-electron chi connectivity index (χ0n) is 12.7. The van der Waals surface area contributed by atoms with E-state index in [-0.39, 0.29) is 19.0 Å². The highest BCUT2D eigenvalue weighted by atomic mass is 19.4. The number of carbonyl (C=O) groups is 1. The third-order valence-electron chi connectivity index (χ3n) is 4.27. The second kappa shape index (κ2) is 5.95. The van der Waals surface area contributed by atoms with E-state index >= 15 is 0 Å². The van der Waals surface area contributed by atoms with Crippen LogP contribution in [0.25, 0.3) is 0 Å². The molecule has 0 bridgehead atoms. The number of aromatic nitrogens is 2. The van der Waals surface area contributed by atoms with E-state index in [9.17, 15) is 18.0 Å². The molecule has 2 aliphatic rings. The number of halogens is 3. The lowest BCUT2D eigenvalue weighted by atomic mass is 10.0. The van der Waals surface area contributed by atoms with Crippen LogP contribution in [0.1, 0.15) is 29.4 Å². The standard InChI is InChI=1S/C14H18F3N5O/c1-18-12-9-7-22(13(23)14(15,16)17)5-3-10(9)20-11(21-12)8-2-4-19-6-8/h8,19H,2-7H2,1H3,(H,18,20,21). The van der Waals surface area contributed by atoms with Gasteiger partial charge in [-0.2, -0.15) is 13.2 Å². The molecule has 0 aliphatic carbocycles. The Kier molecular flexibility index (Phi) is 4.13. The number of carbonyl (C=O) groups excluding carboxylic acids is 1. The Morgan fingerprint density at radius 2 is 2.17 bits per heavy atom. The van der Waals surface area contributed by atoms with Crippen LogP contribution in [0, 0.1) is 0 Å². The van der Waals surface area contributed by atoms with E-state index in [1.165, 1.54) is 0 Å². The number of anilines is 1. The highest BCUT2D eigenvalue weighted by Gasteiger charge is 2.43. The van der Waals surface area contributed by atoms with Crippen molar-refractivity contribution in [2.45, 2.75) is 31.5 Å². The van der Waals surface area contributed by atoms with Crippen LogP contribution in [0.2, 0.25) is 0 Å². The van der Waals surface area contributed by atoms with Gasteiger partial charge in [-0.1, -0.05) is 0 Å². The van der Waals surface area contributed by atoms with E-state index in [2.05, 4.69) is 20.6 Å². The summed E-state index contributed by atoms with van der Waals surface area (Å²) >= 11 is 0. The fourth-order valence-corrected chi connectivity index (χ4v) is 3.05. The second-order valence-electron chi connectivity index (χ2n) is 5.77. The molecule has 1 aromatic rings. The molecule has 3 heterocycles. The molecule has 1 saturated heterocycles. The first-order valence-electron chi connectivity index (χ1n) is 7.54. The Morgan fingerprint density at radius 1 is 1.39 bits per heavy atom. The van der Waals surface area contributed by atoms with Crippen LogP contribution in [0.3, 0.4) is 0 Å². The first kappa shape index (κ1) is 16.0. The molecule has 6 nitrogen and oxygen atoms in total. The van der Waals surface area contributed by atoms with Crippen molar-refractivity contribution < 1.29 is 18.0 Å². The van der Waals surface area contributed by atoms with Crippen molar-refractivity contribution in [2.24, 2.45) is 0 Å². The number of fused-ring (bicyclic) bond motifs is 1. The van der Waals surface area contributed by atoms with E-state index in [1.54, 1.807) is 7.05 Å². The molecule has 126 valence electrons. The smallest absolute Gasteiger partial charge is 0.373 e. The number of nitrogens with one attached hydrogen (secondary N) is 2. The lowest BCUT2D eigenvalue weighted by Gasteiger charge is -2.30. The van der Waals surface area contributed by atoms with Gasteiger partial charge in [0.1, 0.15) is 11.6 Å². The van der Waals surface area contributed by atoms with Gasteiger partial charge in [-0.3, -0.25) is 4.79 Å². The highest BCUT2D eigenvalue weighted by molar-refractivity contribution is 5.82. The number of amides is 1. The van der Waals surface area contributed by atoms with Crippen LogP contribution in [0.15, 0.2) is 0 Å². The summed E-state index contributed by atoms with van der Waals surface area (Å²) in [5.41, 5.74) is 1.31. The Labute approximate surface area is 131 Å². The van der Waals surface area contributed by atoms with Gasteiger partial charge in [-0.05, 0) is 13.0 Å². The number of nitrogens with zero attached hydrogens (tertiary/aromatic N) is 3. The van der Waals surface area contributed by atoms with Gasteiger partial charge in [-0.15, -0.1) is 0 Å². The molecular weight excluding hydrogens is 311 g/mol. The van der Waals surface area contributed by atoms with Crippen LogP contribution in [-0.2, 0) is 17.8 Å². The van der Waals surface area contributed by atoms with Crippen molar-refractivity contribution in [1.29, 1.82) is 0 Å². The Balaban J connectivity index is 1.89. The molecule has 2 N–H and O–H groups in total. The van der Waals surface area contributed by atoms with Crippen molar-refractivity contribution in [3.8, 4) is 0 Å². The third kappa shape index (κ3) is 3.10. The summed E-state index contributed by atoms with van der Waals surface area (Å²) in [7, 11) is 1.67. The highest BCUT2D eigenvalue weighted by Crippen LogP contribution is 2.29. The summed E-state index contributed by atoms with van der Waals surface area (Å²) in [6.45, 7) is 1.62.